The van der Waals surface area contributed by atoms with E-state index in [1.165, 1.54) is 0 Å². The highest BCUT2D eigenvalue weighted by Crippen LogP contribution is 2.16. The summed E-state index contributed by atoms with van der Waals surface area (Å²) in [6.07, 6.45) is 0.796. The molecule has 0 bridgehead atoms. The lowest BCUT2D eigenvalue weighted by Crippen LogP contribution is -2.36. The summed E-state index contributed by atoms with van der Waals surface area (Å²) in [6, 6.07) is -0.160. The topological polar surface area (TPSA) is 77.4 Å². The number of hydrogen-bond acceptors (Lipinski definition) is 6. The van der Waals surface area contributed by atoms with Crippen molar-refractivity contribution in [3.05, 3.63) is 5.89 Å². The molecule has 1 aliphatic heterocycles. The van der Waals surface area contributed by atoms with Crippen LogP contribution in [0.4, 0.5) is 5.95 Å². The van der Waals surface area contributed by atoms with Gasteiger partial charge in [0.05, 0.1) is 19.3 Å². The zero-order valence-corrected chi connectivity index (χ0v) is 8.85. The molecule has 1 saturated heterocycles. The summed E-state index contributed by atoms with van der Waals surface area (Å²) in [7, 11) is 0. The van der Waals surface area contributed by atoms with E-state index in [1.54, 1.807) is 0 Å². The molecule has 6 nitrogen and oxygen atoms in total. The minimum atomic E-state index is -0.160. The lowest BCUT2D eigenvalue weighted by molar-refractivity contribution is 0.121. The van der Waals surface area contributed by atoms with Gasteiger partial charge in [0, 0.05) is 13.1 Å². The molecule has 0 radical (unpaired) electrons. The van der Waals surface area contributed by atoms with Crippen molar-refractivity contribution in [1.82, 2.24) is 10.1 Å². The normalized spacial score (nSPS) is 19.2. The number of anilines is 1. The van der Waals surface area contributed by atoms with Gasteiger partial charge in [-0.3, -0.25) is 0 Å². The zero-order valence-electron chi connectivity index (χ0n) is 8.85. The van der Waals surface area contributed by atoms with Crippen LogP contribution in [0.1, 0.15) is 25.3 Å². The number of rotatable bonds is 3. The second-order valence-corrected chi connectivity index (χ2v) is 3.55. The molecule has 2 N–H and O–H groups in total. The van der Waals surface area contributed by atoms with E-state index in [4.69, 9.17) is 15.0 Å². The summed E-state index contributed by atoms with van der Waals surface area (Å²) in [4.78, 5) is 6.31. The molecule has 6 heteroatoms. The highest BCUT2D eigenvalue weighted by Gasteiger charge is 2.19. The van der Waals surface area contributed by atoms with E-state index >= 15 is 0 Å². The van der Waals surface area contributed by atoms with Crippen molar-refractivity contribution < 1.29 is 9.26 Å². The van der Waals surface area contributed by atoms with E-state index in [-0.39, 0.29) is 6.04 Å². The molecule has 0 unspecified atom stereocenters. The van der Waals surface area contributed by atoms with Crippen molar-refractivity contribution in [1.29, 1.82) is 0 Å². The molecule has 15 heavy (non-hydrogen) atoms. The predicted molar refractivity (Wildman–Crippen MR) is 54.5 cm³/mol. The maximum atomic E-state index is 5.80. The summed E-state index contributed by atoms with van der Waals surface area (Å²) in [5.41, 5.74) is 5.80. The van der Waals surface area contributed by atoms with Crippen LogP contribution in [0.25, 0.3) is 0 Å². The van der Waals surface area contributed by atoms with Crippen molar-refractivity contribution in [3.63, 3.8) is 0 Å². The first kappa shape index (κ1) is 10.4. The summed E-state index contributed by atoms with van der Waals surface area (Å²) in [5, 5.41) is 3.91. The van der Waals surface area contributed by atoms with Gasteiger partial charge in [-0.1, -0.05) is 6.92 Å². The Morgan fingerprint density at radius 3 is 2.87 bits per heavy atom. The molecule has 0 aromatic carbocycles. The molecule has 84 valence electrons. The highest BCUT2D eigenvalue weighted by molar-refractivity contribution is 5.28. The van der Waals surface area contributed by atoms with Gasteiger partial charge >= 0.3 is 0 Å². The Morgan fingerprint density at radius 1 is 1.47 bits per heavy atom. The molecule has 1 fully saturated rings. The van der Waals surface area contributed by atoms with Gasteiger partial charge in [-0.25, -0.2) is 0 Å². The minimum absolute atomic E-state index is 0.160. The van der Waals surface area contributed by atoms with Gasteiger partial charge < -0.3 is 19.9 Å². The van der Waals surface area contributed by atoms with Crippen LogP contribution in [-0.4, -0.2) is 36.4 Å². The van der Waals surface area contributed by atoms with E-state index < -0.39 is 0 Å². The van der Waals surface area contributed by atoms with E-state index in [0.717, 1.165) is 19.5 Å². The summed E-state index contributed by atoms with van der Waals surface area (Å²) >= 11 is 0. The second-order valence-electron chi connectivity index (χ2n) is 3.55. The summed E-state index contributed by atoms with van der Waals surface area (Å²) in [5.74, 6) is 1.14. The van der Waals surface area contributed by atoms with Gasteiger partial charge in [-0.15, -0.1) is 0 Å². The monoisotopic (exact) mass is 212 g/mol. The third-order valence-electron chi connectivity index (χ3n) is 2.48. The van der Waals surface area contributed by atoms with E-state index in [9.17, 15) is 0 Å². The first-order chi connectivity index (χ1) is 7.31. The molecule has 0 saturated carbocycles. The van der Waals surface area contributed by atoms with Gasteiger partial charge in [0.15, 0.2) is 0 Å². The number of nitrogens with two attached hydrogens (primary N) is 1. The van der Waals surface area contributed by atoms with E-state index in [1.807, 2.05) is 11.8 Å². The molecular formula is C9H16N4O2. The minimum Gasteiger partial charge on any atom is -0.378 e. The highest BCUT2D eigenvalue weighted by atomic mass is 16.5. The van der Waals surface area contributed by atoms with Crippen LogP contribution in [0.3, 0.4) is 0 Å². The van der Waals surface area contributed by atoms with Gasteiger partial charge in [0.25, 0.3) is 5.95 Å². The van der Waals surface area contributed by atoms with Crippen molar-refractivity contribution in [2.75, 3.05) is 31.2 Å². The lowest BCUT2D eigenvalue weighted by Gasteiger charge is -2.24. The number of morpholine rings is 1. The van der Waals surface area contributed by atoms with Gasteiger partial charge in [0.1, 0.15) is 0 Å². The van der Waals surface area contributed by atoms with Crippen molar-refractivity contribution in [2.45, 2.75) is 19.4 Å². The molecule has 0 aliphatic carbocycles. The third kappa shape index (κ3) is 2.27. The van der Waals surface area contributed by atoms with Crippen LogP contribution < -0.4 is 10.6 Å². The third-order valence-corrected chi connectivity index (χ3v) is 2.48. The van der Waals surface area contributed by atoms with Crippen LogP contribution in [0.2, 0.25) is 0 Å². The predicted octanol–water partition coefficient (Wildman–Crippen LogP) is 0.316. The van der Waals surface area contributed by atoms with Gasteiger partial charge in [-0.05, 0) is 11.6 Å². The number of aromatic nitrogens is 2. The summed E-state index contributed by atoms with van der Waals surface area (Å²) in [6.45, 7) is 5.03. The van der Waals surface area contributed by atoms with Crippen LogP contribution in [0.5, 0.6) is 0 Å². The zero-order chi connectivity index (χ0) is 10.7. The van der Waals surface area contributed by atoms with Gasteiger partial charge in [0.2, 0.25) is 5.89 Å². The summed E-state index contributed by atoms with van der Waals surface area (Å²) < 4.78 is 10.3. The number of ether oxygens (including phenoxy) is 1. The first-order valence-electron chi connectivity index (χ1n) is 5.23. The van der Waals surface area contributed by atoms with Crippen molar-refractivity contribution in [3.8, 4) is 0 Å². The smallest absolute Gasteiger partial charge is 0.266 e. The largest absolute Gasteiger partial charge is 0.378 e. The second kappa shape index (κ2) is 4.59. The Bertz CT molecular complexity index is 309. The molecule has 0 spiro atoms. The van der Waals surface area contributed by atoms with Crippen molar-refractivity contribution >= 4 is 5.95 Å². The molecule has 1 aromatic rings. The van der Waals surface area contributed by atoms with Crippen LogP contribution in [0.15, 0.2) is 4.52 Å². The quantitative estimate of drug-likeness (QED) is 0.777. The Kier molecular flexibility index (Phi) is 3.17. The van der Waals surface area contributed by atoms with Crippen LogP contribution >= 0.6 is 0 Å². The molecule has 1 aromatic heterocycles. The Hall–Kier alpha value is -1.14. The fourth-order valence-corrected chi connectivity index (χ4v) is 1.44. The van der Waals surface area contributed by atoms with E-state index in [2.05, 4.69) is 10.1 Å². The molecular weight excluding hydrogens is 196 g/mol. The SMILES string of the molecule is CC[C@H](N)c1nc(N2CCOCC2)no1. The maximum Gasteiger partial charge on any atom is 0.266 e. The van der Waals surface area contributed by atoms with Crippen LogP contribution in [-0.2, 0) is 4.74 Å². The number of nitrogens with zero attached hydrogens (tertiary/aromatic N) is 3. The molecule has 1 atom stereocenters. The fourth-order valence-electron chi connectivity index (χ4n) is 1.44. The van der Waals surface area contributed by atoms with Crippen molar-refractivity contribution in [2.24, 2.45) is 5.73 Å². The molecule has 2 heterocycles. The average molecular weight is 212 g/mol. The van der Waals surface area contributed by atoms with E-state index in [0.29, 0.717) is 25.1 Å². The number of hydrogen-bond donors (Lipinski definition) is 1. The van der Waals surface area contributed by atoms with Gasteiger partial charge in [-0.2, -0.15) is 4.98 Å². The standard InChI is InChI=1S/C9H16N4O2/c1-2-7(10)8-11-9(12-15-8)13-3-5-14-6-4-13/h7H,2-6,10H2,1H3/t7-/m0/s1. The lowest BCUT2D eigenvalue weighted by atomic mass is 10.2. The Labute approximate surface area is 88.4 Å². The molecule has 1 aliphatic rings. The van der Waals surface area contributed by atoms with Crippen LogP contribution in [0, 0.1) is 0 Å². The molecule has 2 rings (SSSR count). The Balaban J connectivity index is 2.05. The molecule has 0 amide bonds. The fraction of sp³-hybridized carbons (Fsp3) is 0.778. The average Bonchev–Trinajstić information content (AvgIpc) is 2.78. The Morgan fingerprint density at radius 2 is 2.20 bits per heavy atom. The maximum absolute atomic E-state index is 5.80. The first-order valence-corrected chi connectivity index (χ1v) is 5.23.